The van der Waals surface area contributed by atoms with Crippen molar-refractivity contribution < 1.29 is 5.11 Å². The Kier molecular flexibility index (Phi) is 5.01. The standard InChI is InChI=1S/C15H25NO/c1-5-12(2)13-6-8-14(9-7-13)16-10-15(3,4)11-17/h6-9,12,16-17H,5,10-11H2,1-4H3. The van der Waals surface area contributed by atoms with Crippen LogP contribution in [0.25, 0.3) is 0 Å². The number of nitrogens with one attached hydrogen (secondary N) is 1. The SMILES string of the molecule is CCC(C)c1ccc(NCC(C)(C)CO)cc1. The van der Waals surface area contributed by atoms with Crippen molar-refractivity contribution in [2.45, 2.75) is 40.0 Å². The lowest BCUT2D eigenvalue weighted by Crippen LogP contribution is -2.26. The molecule has 0 saturated carbocycles. The van der Waals surface area contributed by atoms with Gasteiger partial charge in [0.25, 0.3) is 0 Å². The van der Waals surface area contributed by atoms with Crippen molar-refractivity contribution in [3.05, 3.63) is 29.8 Å². The van der Waals surface area contributed by atoms with Crippen molar-refractivity contribution in [2.24, 2.45) is 5.41 Å². The van der Waals surface area contributed by atoms with Crippen molar-refractivity contribution in [2.75, 3.05) is 18.5 Å². The zero-order chi connectivity index (χ0) is 12.9. The maximum atomic E-state index is 9.18. The molecule has 1 unspecified atom stereocenters. The van der Waals surface area contributed by atoms with E-state index in [-0.39, 0.29) is 12.0 Å². The fourth-order valence-electron chi connectivity index (χ4n) is 1.56. The van der Waals surface area contributed by atoms with E-state index in [2.05, 4.69) is 43.4 Å². The summed E-state index contributed by atoms with van der Waals surface area (Å²) in [5, 5.41) is 12.5. The molecule has 0 bridgehead atoms. The number of rotatable bonds is 6. The highest BCUT2D eigenvalue weighted by atomic mass is 16.3. The molecule has 1 aromatic carbocycles. The van der Waals surface area contributed by atoms with Gasteiger partial charge in [0.1, 0.15) is 0 Å². The van der Waals surface area contributed by atoms with E-state index in [4.69, 9.17) is 0 Å². The quantitative estimate of drug-likeness (QED) is 0.789. The summed E-state index contributed by atoms with van der Waals surface area (Å²) < 4.78 is 0. The van der Waals surface area contributed by atoms with Crippen LogP contribution in [0, 0.1) is 5.41 Å². The Morgan fingerprint density at radius 2 is 1.82 bits per heavy atom. The minimum Gasteiger partial charge on any atom is -0.396 e. The lowest BCUT2D eigenvalue weighted by atomic mass is 9.94. The predicted octanol–water partition coefficient (Wildman–Crippen LogP) is 3.63. The Hall–Kier alpha value is -1.02. The maximum absolute atomic E-state index is 9.18. The molecule has 0 aliphatic rings. The molecule has 2 heteroatoms. The number of hydrogen-bond donors (Lipinski definition) is 2. The lowest BCUT2D eigenvalue weighted by Gasteiger charge is -2.22. The van der Waals surface area contributed by atoms with Gasteiger partial charge in [-0.15, -0.1) is 0 Å². The molecule has 0 saturated heterocycles. The third kappa shape index (κ3) is 4.39. The van der Waals surface area contributed by atoms with Crippen LogP contribution in [-0.2, 0) is 0 Å². The minimum absolute atomic E-state index is 0.0740. The molecule has 2 nitrogen and oxygen atoms in total. The summed E-state index contributed by atoms with van der Waals surface area (Å²) in [4.78, 5) is 0. The fourth-order valence-corrected chi connectivity index (χ4v) is 1.56. The van der Waals surface area contributed by atoms with Crippen molar-refractivity contribution in [3.8, 4) is 0 Å². The maximum Gasteiger partial charge on any atom is 0.0498 e. The van der Waals surface area contributed by atoms with Crippen LogP contribution in [0.4, 0.5) is 5.69 Å². The molecule has 0 radical (unpaired) electrons. The normalized spacial score (nSPS) is 13.5. The molecule has 0 aliphatic carbocycles. The van der Waals surface area contributed by atoms with Crippen LogP contribution in [0.2, 0.25) is 0 Å². The molecule has 0 amide bonds. The van der Waals surface area contributed by atoms with Crippen molar-refractivity contribution in [1.82, 2.24) is 0 Å². The van der Waals surface area contributed by atoms with Gasteiger partial charge in [-0.05, 0) is 30.0 Å². The Morgan fingerprint density at radius 1 is 1.24 bits per heavy atom. The van der Waals surface area contributed by atoms with Gasteiger partial charge >= 0.3 is 0 Å². The summed E-state index contributed by atoms with van der Waals surface area (Å²) >= 11 is 0. The van der Waals surface area contributed by atoms with Crippen molar-refractivity contribution >= 4 is 5.69 Å². The Balaban J connectivity index is 2.57. The summed E-state index contributed by atoms with van der Waals surface area (Å²) in [7, 11) is 0. The Labute approximate surface area is 105 Å². The summed E-state index contributed by atoms with van der Waals surface area (Å²) in [5.41, 5.74) is 2.44. The Morgan fingerprint density at radius 3 is 2.29 bits per heavy atom. The van der Waals surface area contributed by atoms with Crippen molar-refractivity contribution in [1.29, 1.82) is 0 Å². The summed E-state index contributed by atoms with van der Waals surface area (Å²) in [6.45, 7) is 9.54. The minimum atomic E-state index is -0.0740. The van der Waals surface area contributed by atoms with E-state index in [0.29, 0.717) is 5.92 Å². The number of anilines is 1. The molecule has 0 aliphatic heterocycles. The van der Waals surface area contributed by atoms with Gasteiger partial charge in [-0.25, -0.2) is 0 Å². The van der Waals surface area contributed by atoms with Gasteiger partial charge in [-0.2, -0.15) is 0 Å². The molecular formula is C15H25NO. The van der Waals surface area contributed by atoms with E-state index < -0.39 is 0 Å². The number of benzene rings is 1. The van der Waals surface area contributed by atoms with E-state index in [0.717, 1.165) is 12.2 Å². The molecule has 1 aromatic rings. The van der Waals surface area contributed by atoms with Crippen LogP contribution in [0.3, 0.4) is 0 Å². The number of hydrogen-bond acceptors (Lipinski definition) is 2. The smallest absolute Gasteiger partial charge is 0.0498 e. The second-order valence-corrected chi connectivity index (χ2v) is 5.61. The van der Waals surface area contributed by atoms with Gasteiger partial charge in [0.05, 0.1) is 0 Å². The molecule has 96 valence electrons. The van der Waals surface area contributed by atoms with Crippen LogP contribution >= 0.6 is 0 Å². The van der Waals surface area contributed by atoms with Gasteiger partial charge in [0, 0.05) is 24.3 Å². The first kappa shape index (κ1) is 14.0. The second kappa shape index (κ2) is 6.06. The monoisotopic (exact) mass is 235 g/mol. The third-order valence-electron chi connectivity index (χ3n) is 3.29. The highest BCUT2D eigenvalue weighted by molar-refractivity contribution is 5.45. The predicted molar refractivity (Wildman–Crippen MR) is 74.5 cm³/mol. The van der Waals surface area contributed by atoms with Gasteiger partial charge in [0.2, 0.25) is 0 Å². The first-order valence-corrected chi connectivity index (χ1v) is 6.43. The first-order valence-electron chi connectivity index (χ1n) is 6.43. The van der Waals surface area contributed by atoms with Crippen LogP contribution < -0.4 is 5.32 Å². The van der Waals surface area contributed by atoms with Gasteiger partial charge < -0.3 is 10.4 Å². The molecule has 0 heterocycles. The zero-order valence-electron chi connectivity index (χ0n) is 11.5. The first-order chi connectivity index (χ1) is 7.98. The van der Waals surface area contributed by atoms with Crippen LogP contribution in [-0.4, -0.2) is 18.3 Å². The third-order valence-corrected chi connectivity index (χ3v) is 3.29. The fraction of sp³-hybridized carbons (Fsp3) is 0.600. The molecule has 0 fully saturated rings. The lowest BCUT2D eigenvalue weighted by molar-refractivity contribution is 0.171. The molecule has 2 N–H and O–H groups in total. The van der Waals surface area contributed by atoms with E-state index in [1.807, 2.05) is 13.8 Å². The topological polar surface area (TPSA) is 32.3 Å². The van der Waals surface area contributed by atoms with Gasteiger partial charge in [-0.1, -0.05) is 39.8 Å². The molecule has 0 aromatic heterocycles. The van der Waals surface area contributed by atoms with E-state index in [1.165, 1.54) is 12.0 Å². The molecule has 0 spiro atoms. The van der Waals surface area contributed by atoms with Crippen LogP contribution in [0.5, 0.6) is 0 Å². The Bertz CT molecular complexity index is 329. The van der Waals surface area contributed by atoms with E-state index >= 15 is 0 Å². The number of aliphatic hydroxyl groups excluding tert-OH is 1. The van der Waals surface area contributed by atoms with Gasteiger partial charge in [-0.3, -0.25) is 0 Å². The zero-order valence-corrected chi connectivity index (χ0v) is 11.5. The second-order valence-electron chi connectivity index (χ2n) is 5.61. The van der Waals surface area contributed by atoms with E-state index in [9.17, 15) is 5.11 Å². The van der Waals surface area contributed by atoms with Crippen molar-refractivity contribution in [3.63, 3.8) is 0 Å². The number of aliphatic hydroxyl groups is 1. The molecule has 1 rings (SSSR count). The van der Waals surface area contributed by atoms with Gasteiger partial charge in [0.15, 0.2) is 0 Å². The average Bonchev–Trinajstić information content (AvgIpc) is 2.36. The molecular weight excluding hydrogens is 210 g/mol. The average molecular weight is 235 g/mol. The molecule has 1 atom stereocenters. The summed E-state index contributed by atoms with van der Waals surface area (Å²) in [5.74, 6) is 0.623. The highest BCUT2D eigenvalue weighted by Crippen LogP contribution is 2.21. The highest BCUT2D eigenvalue weighted by Gasteiger charge is 2.15. The molecule has 17 heavy (non-hydrogen) atoms. The summed E-state index contributed by atoms with van der Waals surface area (Å²) in [6.07, 6.45) is 1.17. The van der Waals surface area contributed by atoms with E-state index in [1.54, 1.807) is 0 Å². The van der Waals surface area contributed by atoms with Crippen LogP contribution in [0.15, 0.2) is 24.3 Å². The largest absolute Gasteiger partial charge is 0.396 e. The van der Waals surface area contributed by atoms with Crippen LogP contribution in [0.1, 0.15) is 45.6 Å². The summed E-state index contributed by atoms with van der Waals surface area (Å²) in [6, 6.07) is 8.61.